The van der Waals surface area contributed by atoms with Crippen molar-refractivity contribution in [1.82, 2.24) is 9.78 Å². The smallest absolute Gasteiger partial charge is 0.419 e. The van der Waals surface area contributed by atoms with Gasteiger partial charge in [0.05, 0.1) is 22.9 Å². The number of alkyl halides is 3. The van der Waals surface area contributed by atoms with Crippen LogP contribution in [0.15, 0.2) is 23.1 Å². The van der Waals surface area contributed by atoms with Gasteiger partial charge >= 0.3 is 6.18 Å². The zero-order valence-corrected chi connectivity index (χ0v) is 13.6. The lowest BCUT2D eigenvalue weighted by molar-refractivity contribution is -0.138. The molecule has 132 valence electrons. The maximum Gasteiger partial charge on any atom is 0.419 e. The van der Waals surface area contributed by atoms with Crippen LogP contribution in [0.3, 0.4) is 0 Å². The van der Waals surface area contributed by atoms with Crippen molar-refractivity contribution in [2.24, 2.45) is 0 Å². The molecule has 0 aliphatic heterocycles. The number of rotatable bonds is 3. The summed E-state index contributed by atoms with van der Waals surface area (Å²) in [5, 5.41) is 12.1. The van der Waals surface area contributed by atoms with Crippen molar-refractivity contribution < 1.29 is 22.3 Å². The first-order valence-electron chi connectivity index (χ1n) is 6.82. The lowest BCUT2D eigenvalue weighted by Gasteiger charge is -2.15. The van der Waals surface area contributed by atoms with Crippen molar-refractivity contribution in [1.29, 1.82) is 5.26 Å². The average molecular weight is 376 g/mol. The molecule has 0 fully saturated rings. The summed E-state index contributed by atoms with van der Waals surface area (Å²) in [5.74, 6) is -1.00. The van der Waals surface area contributed by atoms with E-state index in [1.54, 1.807) is 13.8 Å². The van der Waals surface area contributed by atoms with Crippen molar-refractivity contribution in [2.75, 3.05) is 0 Å². The van der Waals surface area contributed by atoms with Crippen molar-refractivity contribution in [3.8, 4) is 17.5 Å². The zero-order chi connectivity index (χ0) is 18.9. The second-order valence-electron chi connectivity index (χ2n) is 5.16. The van der Waals surface area contributed by atoms with Crippen LogP contribution in [0.1, 0.15) is 25.0 Å². The van der Waals surface area contributed by atoms with E-state index in [0.717, 1.165) is 12.1 Å². The molecule has 1 heterocycles. The highest BCUT2D eigenvalue weighted by atomic mass is 35.5. The molecule has 0 amide bonds. The summed E-state index contributed by atoms with van der Waals surface area (Å²) in [7, 11) is 0. The van der Waals surface area contributed by atoms with Gasteiger partial charge in [-0.05, 0) is 19.9 Å². The highest BCUT2D eigenvalue weighted by Crippen LogP contribution is 2.32. The van der Waals surface area contributed by atoms with Crippen LogP contribution in [0.2, 0.25) is 5.02 Å². The van der Waals surface area contributed by atoms with Crippen molar-refractivity contribution >= 4 is 11.6 Å². The minimum Gasteiger partial charge on any atom is -0.489 e. The fourth-order valence-corrected chi connectivity index (χ4v) is 2.17. The maximum atomic E-state index is 14.2. The monoisotopic (exact) mass is 375 g/mol. The van der Waals surface area contributed by atoms with Crippen molar-refractivity contribution in [2.45, 2.75) is 26.1 Å². The Hall–Kier alpha value is -2.60. The molecule has 0 spiro atoms. The van der Waals surface area contributed by atoms with E-state index in [9.17, 15) is 22.4 Å². The molecule has 0 saturated carbocycles. The quantitative estimate of drug-likeness (QED) is 0.767. The highest BCUT2D eigenvalue weighted by Gasteiger charge is 2.36. The first-order valence-corrected chi connectivity index (χ1v) is 7.19. The van der Waals surface area contributed by atoms with Crippen LogP contribution in [-0.4, -0.2) is 15.9 Å². The molecule has 2 aromatic rings. The molecule has 2 rings (SSSR count). The second kappa shape index (κ2) is 6.72. The summed E-state index contributed by atoms with van der Waals surface area (Å²) in [6, 6.07) is 3.05. The number of hydrogen-bond donors (Lipinski definition) is 0. The van der Waals surface area contributed by atoms with Crippen LogP contribution >= 0.6 is 11.6 Å². The van der Waals surface area contributed by atoms with Gasteiger partial charge in [0.15, 0.2) is 5.82 Å². The predicted molar refractivity (Wildman–Crippen MR) is 80.3 cm³/mol. The van der Waals surface area contributed by atoms with Gasteiger partial charge < -0.3 is 4.74 Å². The number of aromatic nitrogens is 2. The van der Waals surface area contributed by atoms with Crippen LogP contribution in [0, 0.1) is 17.1 Å². The van der Waals surface area contributed by atoms with Gasteiger partial charge in [0.2, 0.25) is 0 Å². The predicted octanol–water partition coefficient (Wildman–Crippen LogP) is 3.70. The molecule has 0 aliphatic rings. The lowest BCUT2D eigenvalue weighted by Crippen LogP contribution is -2.28. The largest absolute Gasteiger partial charge is 0.489 e. The number of ether oxygens (including phenoxy) is 1. The average Bonchev–Trinajstić information content (AvgIpc) is 2.48. The van der Waals surface area contributed by atoms with E-state index in [1.165, 1.54) is 6.07 Å². The molecular weight excluding hydrogens is 366 g/mol. The molecule has 0 radical (unpaired) electrons. The molecule has 1 aromatic carbocycles. The van der Waals surface area contributed by atoms with E-state index >= 15 is 0 Å². The van der Waals surface area contributed by atoms with Gasteiger partial charge in [-0.3, -0.25) is 4.79 Å². The summed E-state index contributed by atoms with van der Waals surface area (Å²) >= 11 is 5.84. The Labute approximate surface area is 144 Å². The van der Waals surface area contributed by atoms with Gasteiger partial charge in [-0.2, -0.15) is 28.2 Å². The molecule has 0 N–H and O–H groups in total. The summed E-state index contributed by atoms with van der Waals surface area (Å²) in [6.07, 6.45) is -4.99. The SMILES string of the molecule is CC(C)Oc1cc(-n2ncc(C(F)(F)F)c(C#N)c2=O)c(F)cc1Cl. The first kappa shape index (κ1) is 18.7. The Morgan fingerprint density at radius 1 is 1.36 bits per heavy atom. The fraction of sp³-hybridized carbons (Fsp3) is 0.267. The van der Waals surface area contributed by atoms with Gasteiger partial charge in [-0.15, -0.1) is 0 Å². The van der Waals surface area contributed by atoms with E-state index in [-0.39, 0.29) is 23.1 Å². The maximum absolute atomic E-state index is 14.2. The molecule has 1 aromatic heterocycles. The summed E-state index contributed by atoms with van der Waals surface area (Å²) < 4.78 is 58.4. The molecular formula is C15H10ClF4N3O2. The molecule has 0 atom stereocenters. The van der Waals surface area contributed by atoms with E-state index in [1.807, 2.05) is 0 Å². The Morgan fingerprint density at radius 2 is 2.00 bits per heavy atom. The third-order valence-electron chi connectivity index (χ3n) is 2.99. The van der Waals surface area contributed by atoms with E-state index < -0.39 is 34.4 Å². The van der Waals surface area contributed by atoms with Crippen molar-refractivity contribution in [3.63, 3.8) is 0 Å². The molecule has 0 bridgehead atoms. The summed E-state index contributed by atoms with van der Waals surface area (Å²) in [4.78, 5) is 12.2. The second-order valence-corrected chi connectivity index (χ2v) is 5.57. The molecule has 0 aliphatic carbocycles. The van der Waals surface area contributed by atoms with Gasteiger partial charge in [0, 0.05) is 6.07 Å². The van der Waals surface area contributed by atoms with E-state index in [0.29, 0.717) is 4.68 Å². The number of hydrogen-bond acceptors (Lipinski definition) is 4. The highest BCUT2D eigenvalue weighted by molar-refractivity contribution is 6.32. The summed E-state index contributed by atoms with van der Waals surface area (Å²) in [5.41, 5.74) is -4.59. The number of benzene rings is 1. The first-order chi connectivity index (χ1) is 11.6. The lowest BCUT2D eigenvalue weighted by atomic mass is 10.1. The van der Waals surface area contributed by atoms with Gasteiger partial charge in [-0.1, -0.05) is 11.6 Å². The van der Waals surface area contributed by atoms with Crippen LogP contribution in [-0.2, 0) is 6.18 Å². The zero-order valence-electron chi connectivity index (χ0n) is 12.9. The minimum absolute atomic E-state index is 0.0140. The van der Waals surface area contributed by atoms with Gasteiger partial charge in [0.1, 0.15) is 23.1 Å². The van der Waals surface area contributed by atoms with Crippen LogP contribution in [0.4, 0.5) is 17.6 Å². The molecule has 25 heavy (non-hydrogen) atoms. The molecule has 10 heteroatoms. The third kappa shape index (κ3) is 3.74. The Morgan fingerprint density at radius 3 is 2.52 bits per heavy atom. The Bertz CT molecular complexity index is 917. The Kier molecular flexibility index (Phi) is 5.04. The van der Waals surface area contributed by atoms with Crippen molar-refractivity contribution in [3.05, 3.63) is 50.7 Å². The molecule has 0 unspecified atom stereocenters. The van der Waals surface area contributed by atoms with Gasteiger partial charge in [0.25, 0.3) is 5.56 Å². The number of halogens is 5. The van der Waals surface area contributed by atoms with E-state index in [4.69, 9.17) is 21.6 Å². The minimum atomic E-state index is -4.94. The summed E-state index contributed by atoms with van der Waals surface area (Å²) in [6.45, 7) is 3.35. The topological polar surface area (TPSA) is 67.9 Å². The molecule has 5 nitrogen and oxygen atoms in total. The van der Waals surface area contributed by atoms with Crippen LogP contribution < -0.4 is 10.3 Å². The number of nitrogens with zero attached hydrogens (tertiary/aromatic N) is 3. The standard InChI is InChI=1S/C15H10ClF4N3O2/c1-7(2)25-13-4-12(11(17)3-10(13)16)23-14(24)8(5-21)9(6-22-23)15(18,19)20/h3-4,6-7H,1-2H3. The molecule has 0 saturated heterocycles. The Balaban J connectivity index is 2.72. The van der Waals surface area contributed by atoms with Crippen LogP contribution in [0.5, 0.6) is 5.75 Å². The van der Waals surface area contributed by atoms with Crippen LogP contribution in [0.25, 0.3) is 5.69 Å². The third-order valence-corrected chi connectivity index (χ3v) is 3.28. The van der Waals surface area contributed by atoms with E-state index in [2.05, 4.69) is 5.10 Å². The number of nitriles is 1. The fourth-order valence-electron chi connectivity index (χ4n) is 1.97. The normalized spacial score (nSPS) is 11.5. The van der Waals surface area contributed by atoms with Gasteiger partial charge in [-0.25, -0.2) is 4.39 Å².